The second-order valence-electron chi connectivity index (χ2n) is 5.18. The lowest BCUT2D eigenvalue weighted by Crippen LogP contribution is -2.12. The number of nitrogens with zero attached hydrogens (tertiary/aromatic N) is 1. The Labute approximate surface area is 110 Å². The van der Waals surface area contributed by atoms with Crippen LogP contribution in [0.15, 0.2) is 41.0 Å². The zero-order valence-corrected chi connectivity index (χ0v) is 11.1. The van der Waals surface area contributed by atoms with E-state index in [1.807, 2.05) is 20.8 Å². The molecule has 1 aromatic rings. The van der Waals surface area contributed by atoms with Crippen LogP contribution in [0.2, 0.25) is 0 Å². The molecule has 0 amide bonds. The Hall–Kier alpha value is -1.78. The van der Waals surface area contributed by atoms with Crippen LogP contribution in [0.4, 0.5) is 18.9 Å². The zero-order chi connectivity index (χ0) is 14.7. The Kier molecular flexibility index (Phi) is 4.39. The molecule has 0 unspecified atom stereocenters. The van der Waals surface area contributed by atoms with Crippen molar-refractivity contribution in [1.82, 2.24) is 0 Å². The number of benzene rings is 1. The molecule has 0 bridgehead atoms. The van der Waals surface area contributed by atoms with Crippen LogP contribution >= 0.6 is 0 Å². The fraction of sp³-hybridized carbons (Fsp3) is 0.357. The van der Waals surface area contributed by atoms with Crippen molar-refractivity contribution in [3.8, 4) is 0 Å². The molecule has 0 aliphatic carbocycles. The highest BCUT2D eigenvalue weighted by molar-refractivity contribution is 5.82. The summed E-state index contributed by atoms with van der Waals surface area (Å²) in [6, 6.07) is 4.87. The molecule has 104 valence electrons. The summed E-state index contributed by atoms with van der Waals surface area (Å²) in [6.45, 7) is 5.84. The number of nitrogens with two attached hydrogens (primary N) is 1. The Morgan fingerprint density at radius 2 is 1.84 bits per heavy atom. The Morgan fingerprint density at radius 3 is 2.32 bits per heavy atom. The number of hydrogen-bond acceptors (Lipinski definition) is 2. The van der Waals surface area contributed by atoms with Gasteiger partial charge in [-0.2, -0.15) is 13.2 Å². The molecule has 0 fully saturated rings. The van der Waals surface area contributed by atoms with Crippen molar-refractivity contribution in [3.63, 3.8) is 0 Å². The van der Waals surface area contributed by atoms with Gasteiger partial charge in [0.25, 0.3) is 0 Å². The van der Waals surface area contributed by atoms with Crippen molar-refractivity contribution < 1.29 is 13.2 Å². The average molecular weight is 270 g/mol. The number of halogens is 3. The van der Waals surface area contributed by atoms with E-state index in [1.54, 1.807) is 0 Å². The van der Waals surface area contributed by atoms with Crippen LogP contribution in [0.3, 0.4) is 0 Å². The molecule has 1 aromatic carbocycles. The molecule has 0 radical (unpaired) electrons. The van der Waals surface area contributed by atoms with Gasteiger partial charge in [0.1, 0.15) is 0 Å². The smallest absolute Gasteiger partial charge is 0.404 e. The summed E-state index contributed by atoms with van der Waals surface area (Å²) in [4.78, 5) is 4.04. The minimum atomic E-state index is -4.36. The summed E-state index contributed by atoms with van der Waals surface area (Å²) in [6.07, 6.45) is -1.45. The summed E-state index contributed by atoms with van der Waals surface area (Å²) < 4.78 is 37.6. The molecule has 0 saturated heterocycles. The molecular weight excluding hydrogens is 253 g/mol. The van der Waals surface area contributed by atoms with Crippen LogP contribution in [0.1, 0.15) is 26.3 Å². The predicted octanol–water partition coefficient (Wildman–Crippen LogP) is 4.30. The summed E-state index contributed by atoms with van der Waals surface area (Å²) in [5.74, 6) is 0. The largest absolute Gasteiger partial charge is 0.416 e. The van der Waals surface area contributed by atoms with Gasteiger partial charge in [0.15, 0.2) is 0 Å². The van der Waals surface area contributed by atoms with Crippen molar-refractivity contribution in [2.75, 3.05) is 0 Å². The maximum Gasteiger partial charge on any atom is 0.416 e. The predicted molar refractivity (Wildman–Crippen MR) is 71.3 cm³/mol. The Morgan fingerprint density at radius 1 is 1.21 bits per heavy atom. The molecule has 0 heterocycles. The van der Waals surface area contributed by atoms with Crippen molar-refractivity contribution in [2.24, 2.45) is 16.1 Å². The topological polar surface area (TPSA) is 38.4 Å². The first-order valence-electron chi connectivity index (χ1n) is 5.78. The molecule has 19 heavy (non-hydrogen) atoms. The van der Waals surface area contributed by atoms with E-state index in [0.29, 0.717) is 0 Å². The molecule has 5 heteroatoms. The molecule has 0 saturated carbocycles. The van der Waals surface area contributed by atoms with Crippen LogP contribution in [0.5, 0.6) is 0 Å². The first-order chi connectivity index (χ1) is 8.64. The van der Waals surface area contributed by atoms with E-state index in [1.165, 1.54) is 24.5 Å². The lowest BCUT2D eigenvalue weighted by atomic mass is 9.88. The van der Waals surface area contributed by atoms with Crippen molar-refractivity contribution in [1.29, 1.82) is 0 Å². The highest BCUT2D eigenvalue weighted by atomic mass is 19.4. The summed E-state index contributed by atoms with van der Waals surface area (Å²) in [7, 11) is 0. The number of alkyl halides is 3. The Bertz CT molecular complexity index is 494. The van der Waals surface area contributed by atoms with E-state index in [2.05, 4.69) is 4.99 Å². The maximum absolute atomic E-state index is 12.5. The van der Waals surface area contributed by atoms with Gasteiger partial charge in [-0.3, -0.25) is 4.99 Å². The van der Waals surface area contributed by atoms with Gasteiger partial charge < -0.3 is 5.73 Å². The van der Waals surface area contributed by atoms with E-state index in [4.69, 9.17) is 5.73 Å². The molecule has 2 N–H and O–H groups in total. The molecule has 0 aromatic heterocycles. The van der Waals surface area contributed by atoms with Crippen LogP contribution in [0.25, 0.3) is 0 Å². The average Bonchev–Trinajstić information content (AvgIpc) is 2.27. The number of aliphatic imine (C=N–C) groups is 1. The molecule has 1 rings (SSSR count). The fourth-order valence-corrected chi connectivity index (χ4v) is 1.39. The van der Waals surface area contributed by atoms with Crippen LogP contribution < -0.4 is 5.73 Å². The van der Waals surface area contributed by atoms with Crippen molar-refractivity contribution in [2.45, 2.75) is 26.9 Å². The SMILES string of the molecule is CC(C)(C)C(C=Nc1cccc(C(F)(F)F)c1)=CN. The number of rotatable bonds is 2. The number of allylic oxidation sites excluding steroid dienone is 1. The first kappa shape index (κ1) is 15.3. The lowest BCUT2D eigenvalue weighted by Gasteiger charge is -2.18. The monoisotopic (exact) mass is 270 g/mol. The van der Waals surface area contributed by atoms with Gasteiger partial charge in [-0.05, 0) is 35.4 Å². The summed E-state index contributed by atoms with van der Waals surface area (Å²) >= 11 is 0. The zero-order valence-electron chi connectivity index (χ0n) is 11.1. The van der Waals surface area contributed by atoms with Gasteiger partial charge in [0.2, 0.25) is 0 Å². The quantitative estimate of drug-likeness (QED) is 0.799. The standard InChI is InChI=1S/C14H17F3N2/c1-13(2,3)11(8-18)9-19-12-6-4-5-10(7-12)14(15,16)17/h4-9H,18H2,1-3H3. The minimum Gasteiger partial charge on any atom is -0.404 e. The van der Waals surface area contributed by atoms with Crippen molar-refractivity contribution >= 4 is 11.9 Å². The molecule has 0 aliphatic rings. The normalized spacial score (nSPS) is 14.1. The van der Waals surface area contributed by atoms with E-state index < -0.39 is 11.7 Å². The minimum absolute atomic E-state index is 0.208. The highest BCUT2D eigenvalue weighted by Crippen LogP contribution is 2.31. The van der Waals surface area contributed by atoms with Crippen LogP contribution in [0, 0.1) is 5.41 Å². The van der Waals surface area contributed by atoms with E-state index in [9.17, 15) is 13.2 Å². The third kappa shape index (κ3) is 4.43. The third-order valence-electron chi connectivity index (χ3n) is 2.57. The first-order valence-corrected chi connectivity index (χ1v) is 5.78. The van der Waals surface area contributed by atoms with E-state index >= 15 is 0 Å². The van der Waals surface area contributed by atoms with Crippen molar-refractivity contribution in [3.05, 3.63) is 41.6 Å². The second-order valence-corrected chi connectivity index (χ2v) is 5.18. The molecule has 0 aliphatic heterocycles. The van der Waals surface area contributed by atoms with Crippen LogP contribution in [-0.4, -0.2) is 6.21 Å². The van der Waals surface area contributed by atoms with E-state index in [-0.39, 0.29) is 11.1 Å². The van der Waals surface area contributed by atoms with Gasteiger partial charge in [0, 0.05) is 6.21 Å². The Balaban J connectivity index is 3.01. The molecular formula is C14H17F3N2. The van der Waals surface area contributed by atoms with Crippen LogP contribution in [-0.2, 0) is 6.18 Å². The fourth-order valence-electron chi connectivity index (χ4n) is 1.39. The van der Waals surface area contributed by atoms with Gasteiger partial charge in [0.05, 0.1) is 11.3 Å². The summed E-state index contributed by atoms with van der Waals surface area (Å²) in [5.41, 5.74) is 5.57. The van der Waals surface area contributed by atoms with Gasteiger partial charge in [-0.1, -0.05) is 26.8 Å². The second kappa shape index (κ2) is 5.47. The molecule has 2 nitrogen and oxygen atoms in total. The summed E-state index contributed by atoms with van der Waals surface area (Å²) in [5, 5.41) is 0. The third-order valence-corrected chi connectivity index (χ3v) is 2.57. The van der Waals surface area contributed by atoms with Gasteiger partial charge >= 0.3 is 6.18 Å². The molecule has 0 atom stereocenters. The van der Waals surface area contributed by atoms with E-state index in [0.717, 1.165) is 17.7 Å². The molecule has 0 spiro atoms. The lowest BCUT2D eigenvalue weighted by molar-refractivity contribution is -0.137. The maximum atomic E-state index is 12.5. The van der Waals surface area contributed by atoms with Gasteiger partial charge in [-0.25, -0.2) is 0 Å². The van der Waals surface area contributed by atoms with Gasteiger partial charge in [-0.15, -0.1) is 0 Å². The highest BCUT2D eigenvalue weighted by Gasteiger charge is 2.30. The number of hydrogen-bond donors (Lipinski definition) is 1.